The highest BCUT2D eigenvalue weighted by Crippen LogP contribution is 2.33. The Morgan fingerprint density at radius 3 is 2.50 bits per heavy atom. The SMILES string of the molecule is CNC(=O)C(C#N)c1ccc(C(F)(F)F)cc1N. The Morgan fingerprint density at radius 2 is 2.11 bits per heavy atom. The number of nitriles is 1. The van der Waals surface area contributed by atoms with Gasteiger partial charge in [0, 0.05) is 18.3 Å². The van der Waals surface area contributed by atoms with Crippen LogP contribution in [0.15, 0.2) is 18.2 Å². The van der Waals surface area contributed by atoms with E-state index in [2.05, 4.69) is 5.32 Å². The standard InChI is InChI=1S/C11H10F3N3O/c1-17-10(18)8(5-15)7-3-2-6(4-9(7)16)11(12,13)14/h2-4,8H,16H2,1H3,(H,17,18). The monoisotopic (exact) mass is 257 g/mol. The van der Waals surface area contributed by atoms with Crippen LogP contribution in [0.2, 0.25) is 0 Å². The van der Waals surface area contributed by atoms with E-state index in [1.807, 2.05) is 0 Å². The number of hydrogen-bond acceptors (Lipinski definition) is 3. The fourth-order valence-electron chi connectivity index (χ4n) is 1.43. The number of anilines is 1. The van der Waals surface area contributed by atoms with Crippen molar-refractivity contribution < 1.29 is 18.0 Å². The number of nitrogens with zero attached hydrogens (tertiary/aromatic N) is 1. The molecule has 1 rings (SSSR count). The van der Waals surface area contributed by atoms with Gasteiger partial charge >= 0.3 is 6.18 Å². The maximum Gasteiger partial charge on any atom is 0.416 e. The van der Waals surface area contributed by atoms with Crippen molar-refractivity contribution in [3.8, 4) is 6.07 Å². The lowest BCUT2D eigenvalue weighted by Gasteiger charge is -2.13. The number of nitrogens with two attached hydrogens (primary N) is 1. The highest BCUT2D eigenvalue weighted by molar-refractivity contribution is 5.87. The third-order valence-electron chi connectivity index (χ3n) is 2.36. The number of nitrogen functional groups attached to an aromatic ring is 1. The van der Waals surface area contributed by atoms with Crippen molar-refractivity contribution in [2.24, 2.45) is 0 Å². The fraction of sp³-hybridized carbons (Fsp3) is 0.273. The predicted octanol–water partition coefficient (Wildman–Crippen LogP) is 1.64. The number of nitrogens with one attached hydrogen (secondary N) is 1. The van der Waals surface area contributed by atoms with Crippen LogP contribution in [0.5, 0.6) is 0 Å². The average molecular weight is 257 g/mol. The van der Waals surface area contributed by atoms with Gasteiger partial charge < -0.3 is 11.1 Å². The third kappa shape index (κ3) is 2.71. The first-order valence-electron chi connectivity index (χ1n) is 4.89. The van der Waals surface area contributed by atoms with Gasteiger partial charge in [-0.25, -0.2) is 0 Å². The molecule has 0 aliphatic carbocycles. The summed E-state index contributed by atoms with van der Waals surface area (Å²) in [6.07, 6.45) is -4.51. The van der Waals surface area contributed by atoms with E-state index in [9.17, 15) is 18.0 Å². The van der Waals surface area contributed by atoms with Gasteiger partial charge in [-0.05, 0) is 12.1 Å². The molecule has 1 aromatic rings. The summed E-state index contributed by atoms with van der Waals surface area (Å²) in [4.78, 5) is 11.4. The molecule has 4 nitrogen and oxygen atoms in total. The summed E-state index contributed by atoms with van der Waals surface area (Å²) in [5.41, 5.74) is 4.36. The number of amides is 1. The molecular formula is C11H10F3N3O. The van der Waals surface area contributed by atoms with Crippen LogP contribution in [0.25, 0.3) is 0 Å². The van der Waals surface area contributed by atoms with E-state index in [0.717, 1.165) is 12.1 Å². The first-order chi connectivity index (χ1) is 8.31. The molecule has 1 unspecified atom stereocenters. The van der Waals surface area contributed by atoms with Crippen LogP contribution < -0.4 is 11.1 Å². The Morgan fingerprint density at radius 1 is 1.50 bits per heavy atom. The zero-order chi connectivity index (χ0) is 13.9. The summed E-state index contributed by atoms with van der Waals surface area (Å²) in [7, 11) is 1.33. The van der Waals surface area contributed by atoms with Crippen molar-refractivity contribution in [3.63, 3.8) is 0 Å². The van der Waals surface area contributed by atoms with Gasteiger partial charge in [0.25, 0.3) is 0 Å². The van der Waals surface area contributed by atoms with Crippen LogP contribution in [0, 0.1) is 11.3 Å². The summed E-state index contributed by atoms with van der Waals surface area (Å²) < 4.78 is 37.2. The molecule has 0 saturated carbocycles. The molecule has 1 atom stereocenters. The number of benzene rings is 1. The number of hydrogen-bond donors (Lipinski definition) is 2. The van der Waals surface area contributed by atoms with E-state index in [1.165, 1.54) is 7.05 Å². The van der Waals surface area contributed by atoms with Gasteiger partial charge in [-0.15, -0.1) is 0 Å². The minimum atomic E-state index is -4.51. The van der Waals surface area contributed by atoms with E-state index in [-0.39, 0.29) is 11.3 Å². The molecule has 0 saturated heterocycles. The molecule has 96 valence electrons. The maximum atomic E-state index is 12.4. The highest BCUT2D eigenvalue weighted by atomic mass is 19.4. The third-order valence-corrected chi connectivity index (χ3v) is 2.36. The van der Waals surface area contributed by atoms with Crippen molar-refractivity contribution >= 4 is 11.6 Å². The van der Waals surface area contributed by atoms with Crippen molar-refractivity contribution in [1.82, 2.24) is 5.32 Å². The molecule has 7 heteroatoms. The summed E-state index contributed by atoms with van der Waals surface area (Å²) in [6.45, 7) is 0. The number of alkyl halides is 3. The van der Waals surface area contributed by atoms with Gasteiger partial charge in [0.1, 0.15) is 0 Å². The Hall–Kier alpha value is -2.23. The Kier molecular flexibility index (Phi) is 3.81. The summed E-state index contributed by atoms with van der Waals surface area (Å²) in [6, 6.07) is 4.24. The van der Waals surface area contributed by atoms with E-state index in [1.54, 1.807) is 6.07 Å². The first-order valence-corrected chi connectivity index (χ1v) is 4.89. The van der Waals surface area contributed by atoms with Crippen LogP contribution >= 0.6 is 0 Å². The lowest BCUT2D eigenvalue weighted by Crippen LogP contribution is -2.25. The molecule has 0 aliphatic heterocycles. The summed E-state index contributed by atoms with van der Waals surface area (Å²) >= 11 is 0. The maximum absolute atomic E-state index is 12.4. The zero-order valence-electron chi connectivity index (χ0n) is 9.38. The van der Waals surface area contributed by atoms with Gasteiger partial charge in [0.2, 0.25) is 5.91 Å². The van der Waals surface area contributed by atoms with E-state index in [4.69, 9.17) is 11.0 Å². The Balaban J connectivity index is 3.21. The highest BCUT2D eigenvalue weighted by Gasteiger charge is 2.32. The minimum absolute atomic E-state index is 0.0600. The van der Waals surface area contributed by atoms with Gasteiger partial charge in [-0.2, -0.15) is 18.4 Å². The van der Waals surface area contributed by atoms with Crippen molar-refractivity contribution in [1.29, 1.82) is 5.26 Å². The Bertz CT molecular complexity index is 505. The molecule has 0 radical (unpaired) electrons. The summed E-state index contributed by atoms with van der Waals surface area (Å²) in [5, 5.41) is 11.1. The van der Waals surface area contributed by atoms with Crippen LogP contribution in [-0.2, 0) is 11.0 Å². The predicted molar refractivity (Wildman–Crippen MR) is 58.3 cm³/mol. The topological polar surface area (TPSA) is 78.9 Å². The normalized spacial score (nSPS) is 12.6. The fourth-order valence-corrected chi connectivity index (χ4v) is 1.43. The van der Waals surface area contributed by atoms with E-state index >= 15 is 0 Å². The molecule has 0 bridgehead atoms. The lowest BCUT2D eigenvalue weighted by molar-refractivity contribution is -0.137. The number of likely N-dealkylation sites (N-methyl/N-ethyl adjacent to an activating group) is 1. The number of rotatable bonds is 2. The molecule has 0 heterocycles. The van der Waals surface area contributed by atoms with Gasteiger partial charge in [-0.3, -0.25) is 4.79 Å². The second-order valence-corrected chi connectivity index (χ2v) is 3.52. The molecule has 0 aromatic heterocycles. The molecular weight excluding hydrogens is 247 g/mol. The lowest BCUT2D eigenvalue weighted by atomic mass is 9.96. The quantitative estimate of drug-likeness (QED) is 0.790. The molecule has 0 fully saturated rings. The molecule has 18 heavy (non-hydrogen) atoms. The smallest absolute Gasteiger partial charge is 0.398 e. The first kappa shape index (κ1) is 13.8. The molecule has 1 amide bonds. The number of carbonyl (C=O) groups excluding carboxylic acids is 1. The number of halogens is 3. The van der Waals surface area contributed by atoms with Crippen LogP contribution in [0.1, 0.15) is 17.0 Å². The number of carbonyl (C=O) groups is 1. The molecule has 3 N–H and O–H groups in total. The van der Waals surface area contributed by atoms with Gasteiger partial charge in [-0.1, -0.05) is 6.07 Å². The van der Waals surface area contributed by atoms with Crippen molar-refractivity contribution in [3.05, 3.63) is 29.3 Å². The van der Waals surface area contributed by atoms with Crippen molar-refractivity contribution in [2.45, 2.75) is 12.1 Å². The second-order valence-electron chi connectivity index (χ2n) is 3.52. The van der Waals surface area contributed by atoms with Crippen LogP contribution in [0.4, 0.5) is 18.9 Å². The van der Waals surface area contributed by atoms with Crippen molar-refractivity contribution in [2.75, 3.05) is 12.8 Å². The van der Waals surface area contributed by atoms with Crippen LogP contribution in [-0.4, -0.2) is 13.0 Å². The second kappa shape index (κ2) is 4.96. The minimum Gasteiger partial charge on any atom is -0.398 e. The average Bonchev–Trinajstić information content (AvgIpc) is 2.30. The molecule has 0 aliphatic rings. The molecule has 0 spiro atoms. The van der Waals surface area contributed by atoms with Crippen LogP contribution in [0.3, 0.4) is 0 Å². The molecule has 1 aromatic carbocycles. The van der Waals surface area contributed by atoms with E-state index in [0.29, 0.717) is 6.07 Å². The zero-order valence-corrected chi connectivity index (χ0v) is 9.38. The summed E-state index contributed by atoms with van der Waals surface area (Å²) in [5.74, 6) is -1.85. The van der Waals surface area contributed by atoms with Gasteiger partial charge in [0.15, 0.2) is 5.92 Å². The van der Waals surface area contributed by atoms with Gasteiger partial charge in [0.05, 0.1) is 11.6 Å². The Labute approximate surface area is 101 Å². The largest absolute Gasteiger partial charge is 0.416 e. The van der Waals surface area contributed by atoms with E-state index < -0.39 is 23.6 Å².